The highest BCUT2D eigenvalue weighted by Gasteiger charge is 2.76. The number of fused-ring (bicyclic) bond motifs is 1. The van der Waals surface area contributed by atoms with Crippen LogP contribution in [-0.4, -0.2) is 85.8 Å². The molecule has 1 aromatic carbocycles. The summed E-state index contributed by atoms with van der Waals surface area (Å²) < 4.78 is -0.778. The van der Waals surface area contributed by atoms with Gasteiger partial charge in [-0.1, -0.05) is 47.1 Å². The summed E-state index contributed by atoms with van der Waals surface area (Å²) in [6.07, 6.45) is 4.81. The molecule has 0 radical (unpaired) electrons. The summed E-state index contributed by atoms with van der Waals surface area (Å²) in [7, 11) is 0. The molecule has 1 aromatic rings. The quantitative estimate of drug-likeness (QED) is 0.299. The Morgan fingerprint density at radius 3 is 2.56 bits per heavy atom. The predicted molar refractivity (Wildman–Crippen MR) is 161 cm³/mol. The number of benzene rings is 1. The number of aliphatic hydroxyl groups excluding tert-OH is 1. The molecule has 3 amide bonds. The van der Waals surface area contributed by atoms with Crippen LogP contribution in [0.15, 0.2) is 43.5 Å². The standard InChI is InChI=1S/C30H40BrN3O4S/c1-7-12-32(13-8-2)27(36)23-24-28(37)34(20(6)17-35)26(30(24)16-21(31)25(23)39-30)29(38)33(14-9-3)22-15-18(4)10-11-19(22)5/h7,9-11,15,20-21,23-26,35H,1,3,8,12-14,16-17H2,2,4-6H3/t20-,21?,23+,24+,25+,26?,30?/m1/s1. The van der Waals surface area contributed by atoms with Crippen molar-refractivity contribution in [1.82, 2.24) is 9.80 Å². The summed E-state index contributed by atoms with van der Waals surface area (Å²) in [6, 6.07) is 4.60. The van der Waals surface area contributed by atoms with E-state index in [1.54, 1.807) is 45.5 Å². The average Bonchev–Trinajstić information content (AvgIpc) is 3.50. The third kappa shape index (κ3) is 4.88. The number of carbonyl (C=O) groups excluding carboxylic acids is 3. The second-order valence-corrected chi connectivity index (χ2v) is 13.8. The average molecular weight is 619 g/mol. The van der Waals surface area contributed by atoms with Crippen molar-refractivity contribution in [3.8, 4) is 0 Å². The maximum atomic E-state index is 14.7. The van der Waals surface area contributed by atoms with Gasteiger partial charge in [0.2, 0.25) is 11.8 Å². The number of likely N-dealkylation sites (tertiary alicyclic amines) is 1. The van der Waals surface area contributed by atoms with Gasteiger partial charge >= 0.3 is 0 Å². The van der Waals surface area contributed by atoms with Gasteiger partial charge in [0.1, 0.15) is 6.04 Å². The number of nitrogens with zero attached hydrogens (tertiary/aromatic N) is 3. The first-order valence-corrected chi connectivity index (χ1v) is 15.5. The van der Waals surface area contributed by atoms with Gasteiger partial charge in [0.25, 0.3) is 5.91 Å². The molecule has 0 saturated carbocycles. The monoisotopic (exact) mass is 617 g/mol. The zero-order valence-corrected chi connectivity index (χ0v) is 25.7. The molecule has 212 valence electrons. The third-order valence-corrected chi connectivity index (χ3v) is 11.6. The fourth-order valence-corrected chi connectivity index (χ4v) is 10.3. The normalized spacial score (nSPS) is 29.7. The zero-order valence-electron chi connectivity index (χ0n) is 23.3. The molecular formula is C30H40BrN3O4S. The Kier molecular flexibility index (Phi) is 9.03. The van der Waals surface area contributed by atoms with Crippen molar-refractivity contribution >= 4 is 51.1 Å². The minimum Gasteiger partial charge on any atom is -0.394 e. The molecule has 39 heavy (non-hydrogen) atoms. The van der Waals surface area contributed by atoms with Crippen LogP contribution in [0.25, 0.3) is 0 Å². The van der Waals surface area contributed by atoms with Gasteiger partial charge in [-0.2, -0.15) is 0 Å². The third-order valence-electron chi connectivity index (χ3n) is 8.37. The Bertz CT molecular complexity index is 1160. The van der Waals surface area contributed by atoms with Crippen LogP contribution in [0, 0.1) is 25.7 Å². The highest BCUT2D eigenvalue weighted by molar-refractivity contribution is 9.09. The second-order valence-electron chi connectivity index (χ2n) is 11.0. The number of amides is 3. The minimum atomic E-state index is -0.816. The van der Waals surface area contributed by atoms with Crippen LogP contribution in [0.4, 0.5) is 5.69 Å². The van der Waals surface area contributed by atoms with Gasteiger partial charge in [-0.05, 0) is 50.8 Å². The van der Waals surface area contributed by atoms with Crippen LogP contribution in [-0.2, 0) is 14.4 Å². The van der Waals surface area contributed by atoms with Gasteiger partial charge in [0, 0.05) is 35.4 Å². The van der Waals surface area contributed by atoms with Crippen molar-refractivity contribution in [2.45, 2.75) is 67.4 Å². The number of anilines is 1. The predicted octanol–water partition coefficient (Wildman–Crippen LogP) is 4.09. The molecule has 4 rings (SSSR count). The Labute approximate surface area is 244 Å². The van der Waals surface area contributed by atoms with E-state index >= 15 is 0 Å². The molecule has 3 heterocycles. The molecule has 7 atom stereocenters. The highest BCUT2D eigenvalue weighted by atomic mass is 79.9. The largest absolute Gasteiger partial charge is 0.394 e. The van der Waals surface area contributed by atoms with Gasteiger partial charge in [0.05, 0.1) is 29.2 Å². The molecule has 3 aliphatic heterocycles. The van der Waals surface area contributed by atoms with Crippen LogP contribution in [0.2, 0.25) is 0 Å². The molecular weight excluding hydrogens is 578 g/mol. The molecule has 1 spiro atoms. The van der Waals surface area contributed by atoms with E-state index in [0.717, 1.165) is 23.2 Å². The van der Waals surface area contributed by atoms with Crippen molar-refractivity contribution < 1.29 is 19.5 Å². The molecule has 1 N–H and O–H groups in total. The summed E-state index contributed by atoms with van der Waals surface area (Å²) in [5, 5.41) is 10.1. The van der Waals surface area contributed by atoms with Crippen molar-refractivity contribution in [2.24, 2.45) is 11.8 Å². The minimum absolute atomic E-state index is 0.0130. The van der Waals surface area contributed by atoms with E-state index in [9.17, 15) is 19.5 Å². The Balaban J connectivity index is 1.83. The lowest BCUT2D eigenvalue weighted by molar-refractivity contribution is -0.145. The summed E-state index contributed by atoms with van der Waals surface area (Å²) in [5.41, 5.74) is 2.76. The lowest BCUT2D eigenvalue weighted by Gasteiger charge is -2.39. The van der Waals surface area contributed by atoms with Crippen molar-refractivity contribution in [3.63, 3.8) is 0 Å². The molecule has 3 saturated heterocycles. The van der Waals surface area contributed by atoms with Gasteiger partial charge in [0.15, 0.2) is 0 Å². The number of thioether (sulfide) groups is 1. The molecule has 2 bridgehead atoms. The number of hydrogen-bond donors (Lipinski definition) is 1. The fourth-order valence-electron chi connectivity index (χ4n) is 6.71. The SMILES string of the molecule is C=CCN(CCC)C(=O)[C@H]1[C@H]2C(=O)N([C@H](C)CO)C(C(=O)N(CC=C)c3cc(C)ccc3C)C23CC(Br)[C@@H]1S3. The summed E-state index contributed by atoms with van der Waals surface area (Å²) in [6.45, 7) is 16.5. The van der Waals surface area contributed by atoms with E-state index in [4.69, 9.17) is 0 Å². The maximum absolute atomic E-state index is 14.7. The molecule has 0 aromatic heterocycles. The summed E-state index contributed by atoms with van der Waals surface area (Å²) >= 11 is 5.45. The van der Waals surface area contributed by atoms with E-state index in [1.165, 1.54) is 0 Å². The van der Waals surface area contributed by atoms with E-state index < -0.39 is 28.7 Å². The van der Waals surface area contributed by atoms with Crippen molar-refractivity contribution in [2.75, 3.05) is 31.1 Å². The molecule has 3 fully saturated rings. The topological polar surface area (TPSA) is 81.2 Å². The number of carbonyl (C=O) groups is 3. The Hall–Kier alpha value is -2.10. The molecule has 7 nitrogen and oxygen atoms in total. The van der Waals surface area contributed by atoms with E-state index in [2.05, 4.69) is 29.1 Å². The maximum Gasteiger partial charge on any atom is 0.251 e. The molecule has 9 heteroatoms. The Morgan fingerprint density at radius 2 is 1.95 bits per heavy atom. The van der Waals surface area contributed by atoms with E-state index in [-0.39, 0.29) is 41.0 Å². The number of halogens is 1. The van der Waals surface area contributed by atoms with Gasteiger partial charge in [-0.15, -0.1) is 24.9 Å². The molecule has 3 aliphatic rings. The number of alkyl halides is 1. The van der Waals surface area contributed by atoms with Crippen LogP contribution in [0.5, 0.6) is 0 Å². The van der Waals surface area contributed by atoms with Crippen molar-refractivity contribution in [3.05, 3.63) is 54.6 Å². The van der Waals surface area contributed by atoms with Gasteiger partial charge in [-0.25, -0.2) is 0 Å². The first-order valence-electron chi connectivity index (χ1n) is 13.7. The van der Waals surface area contributed by atoms with Crippen LogP contribution in [0.3, 0.4) is 0 Å². The highest BCUT2D eigenvalue weighted by Crippen LogP contribution is 2.68. The number of aryl methyl sites for hydroxylation is 2. The van der Waals surface area contributed by atoms with E-state index in [1.807, 2.05) is 39.0 Å². The van der Waals surface area contributed by atoms with Gasteiger partial charge in [-0.3, -0.25) is 14.4 Å². The number of aliphatic hydroxyl groups is 1. The summed E-state index contributed by atoms with van der Waals surface area (Å²) in [5.74, 6) is -1.65. The van der Waals surface area contributed by atoms with Crippen LogP contribution in [0.1, 0.15) is 37.8 Å². The van der Waals surface area contributed by atoms with E-state index in [0.29, 0.717) is 19.5 Å². The van der Waals surface area contributed by atoms with Crippen LogP contribution < -0.4 is 4.90 Å². The first kappa shape index (κ1) is 29.9. The smallest absolute Gasteiger partial charge is 0.251 e. The van der Waals surface area contributed by atoms with Gasteiger partial charge < -0.3 is 19.8 Å². The lowest BCUT2D eigenvalue weighted by atomic mass is 9.70. The van der Waals surface area contributed by atoms with Crippen LogP contribution >= 0.6 is 27.7 Å². The first-order chi connectivity index (χ1) is 18.6. The fraction of sp³-hybridized carbons (Fsp3) is 0.567. The number of hydrogen-bond acceptors (Lipinski definition) is 5. The Morgan fingerprint density at radius 1 is 1.26 bits per heavy atom. The lowest BCUT2D eigenvalue weighted by Crippen LogP contribution is -2.57. The zero-order chi connectivity index (χ0) is 28.6. The molecule has 3 unspecified atom stereocenters. The molecule has 0 aliphatic carbocycles. The second kappa shape index (κ2) is 11.8. The summed E-state index contributed by atoms with van der Waals surface area (Å²) in [4.78, 5) is 48.1. The number of rotatable bonds is 11. The van der Waals surface area contributed by atoms with Crippen molar-refractivity contribution in [1.29, 1.82) is 0 Å².